The summed E-state index contributed by atoms with van der Waals surface area (Å²) >= 11 is 0. The van der Waals surface area contributed by atoms with Gasteiger partial charge in [-0.25, -0.2) is 0 Å². The fourth-order valence-electron chi connectivity index (χ4n) is 2.41. The Kier molecular flexibility index (Phi) is 3.88. The van der Waals surface area contributed by atoms with Crippen LogP contribution in [0.2, 0.25) is 0 Å². The average molecular weight is 284 g/mol. The maximum absolute atomic E-state index is 10.8. The number of aromatic hydroxyl groups is 1. The van der Waals surface area contributed by atoms with Gasteiger partial charge in [0, 0.05) is 12.0 Å². The fourth-order valence-corrected chi connectivity index (χ4v) is 2.41. The molecule has 1 heterocycles. The second-order valence-corrected chi connectivity index (χ2v) is 5.01. The monoisotopic (exact) mass is 284 g/mol. The van der Waals surface area contributed by atoms with E-state index in [-0.39, 0.29) is 12.4 Å². The number of ether oxygens (including phenoxy) is 2. The molecule has 0 fully saturated rings. The van der Waals surface area contributed by atoms with Gasteiger partial charge in [0.1, 0.15) is 19.0 Å². The standard InChI is InChI=1S/C17H16O4/c18-9-14-8-13-6-7-16(17(19)15(13)11-20-14)21-10-12-4-2-1-3-5-12/h1-7,9,14,19H,8,10-11H2. The van der Waals surface area contributed by atoms with E-state index in [1.54, 1.807) is 6.07 Å². The van der Waals surface area contributed by atoms with Crippen LogP contribution in [0.5, 0.6) is 11.5 Å². The first-order valence-corrected chi connectivity index (χ1v) is 6.85. The van der Waals surface area contributed by atoms with E-state index in [1.807, 2.05) is 36.4 Å². The van der Waals surface area contributed by atoms with Gasteiger partial charge in [0.15, 0.2) is 11.5 Å². The Morgan fingerprint density at radius 3 is 2.81 bits per heavy atom. The number of fused-ring (bicyclic) bond motifs is 1. The number of carbonyl (C=O) groups excluding carboxylic acids is 1. The van der Waals surface area contributed by atoms with Gasteiger partial charge in [0.05, 0.1) is 6.61 Å². The number of rotatable bonds is 4. The van der Waals surface area contributed by atoms with Gasteiger partial charge in [-0.15, -0.1) is 0 Å². The lowest BCUT2D eigenvalue weighted by Gasteiger charge is -2.23. The summed E-state index contributed by atoms with van der Waals surface area (Å²) < 4.78 is 11.0. The highest BCUT2D eigenvalue weighted by atomic mass is 16.5. The highest BCUT2D eigenvalue weighted by molar-refractivity contribution is 5.59. The number of hydrogen-bond acceptors (Lipinski definition) is 4. The minimum absolute atomic E-state index is 0.104. The van der Waals surface area contributed by atoms with Crippen molar-refractivity contribution >= 4 is 6.29 Å². The zero-order valence-electron chi connectivity index (χ0n) is 11.5. The molecule has 0 spiro atoms. The van der Waals surface area contributed by atoms with Gasteiger partial charge in [0.2, 0.25) is 0 Å². The summed E-state index contributed by atoms with van der Waals surface area (Å²) in [6.45, 7) is 0.623. The Morgan fingerprint density at radius 1 is 1.24 bits per heavy atom. The van der Waals surface area contributed by atoms with Gasteiger partial charge < -0.3 is 19.4 Å². The van der Waals surface area contributed by atoms with Crippen LogP contribution < -0.4 is 4.74 Å². The summed E-state index contributed by atoms with van der Waals surface area (Å²) in [4.78, 5) is 10.8. The number of carbonyl (C=O) groups is 1. The van der Waals surface area contributed by atoms with E-state index in [1.165, 1.54) is 0 Å². The summed E-state index contributed by atoms with van der Waals surface area (Å²) in [6.07, 6.45) is 0.860. The van der Waals surface area contributed by atoms with Crippen LogP contribution in [0.3, 0.4) is 0 Å². The van der Waals surface area contributed by atoms with Crippen LogP contribution in [-0.2, 0) is 29.2 Å². The van der Waals surface area contributed by atoms with Gasteiger partial charge in [-0.3, -0.25) is 0 Å². The number of phenols is 1. The number of phenolic OH excluding ortho intramolecular Hbond substituents is 1. The molecule has 2 aromatic carbocycles. The van der Waals surface area contributed by atoms with Crippen LogP contribution in [0.25, 0.3) is 0 Å². The minimum atomic E-state index is -0.423. The Bertz CT molecular complexity index is 637. The molecule has 1 aliphatic heterocycles. The summed E-state index contributed by atoms with van der Waals surface area (Å²) in [6, 6.07) is 13.4. The molecule has 1 aliphatic rings. The lowest BCUT2D eigenvalue weighted by Crippen LogP contribution is -2.23. The van der Waals surface area contributed by atoms with Crippen molar-refractivity contribution in [3.05, 3.63) is 59.2 Å². The third-order valence-corrected chi connectivity index (χ3v) is 3.59. The summed E-state index contributed by atoms with van der Waals surface area (Å²) in [5, 5.41) is 10.3. The number of aldehydes is 1. The van der Waals surface area contributed by atoms with Gasteiger partial charge >= 0.3 is 0 Å². The molecule has 0 amide bonds. The van der Waals surface area contributed by atoms with Crippen LogP contribution in [0.1, 0.15) is 16.7 Å². The molecule has 4 heteroatoms. The quantitative estimate of drug-likeness (QED) is 0.877. The molecule has 2 aromatic rings. The van der Waals surface area contributed by atoms with E-state index in [4.69, 9.17) is 9.47 Å². The van der Waals surface area contributed by atoms with Crippen molar-refractivity contribution in [2.75, 3.05) is 0 Å². The lowest BCUT2D eigenvalue weighted by atomic mass is 9.98. The first-order chi connectivity index (χ1) is 10.3. The van der Waals surface area contributed by atoms with Crippen LogP contribution >= 0.6 is 0 Å². The maximum Gasteiger partial charge on any atom is 0.163 e. The molecule has 1 N–H and O–H groups in total. The zero-order chi connectivity index (χ0) is 14.7. The predicted molar refractivity (Wildman–Crippen MR) is 77.2 cm³/mol. The number of hydrogen-bond donors (Lipinski definition) is 1. The van der Waals surface area contributed by atoms with Crippen LogP contribution in [0, 0.1) is 0 Å². The second-order valence-electron chi connectivity index (χ2n) is 5.01. The molecule has 1 unspecified atom stereocenters. The van der Waals surface area contributed by atoms with E-state index < -0.39 is 6.10 Å². The van der Waals surface area contributed by atoms with Crippen molar-refractivity contribution in [1.82, 2.24) is 0 Å². The van der Waals surface area contributed by atoms with Gasteiger partial charge in [0.25, 0.3) is 0 Å². The highest BCUT2D eigenvalue weighted by Crippen LogP contribution is 2.36. The number of benzene rings is 2. The Hall–Kier alpha value is -2.33. The minimum Gasteiger partial charge on any atom is -0.504 e. The van der Waals surface area contributed by atoms with Crippen molar-refractivity contribution in [2.45, 2.75) is 25.7 Å². The van der Waals surface area contributed by atoms with E-state index in [0.717, 1.165) is 17.4 Å². The van der Waals surface area contributed by atoms with E-state index >= 15 is 0 Å². The maximum atomic E-state index is 10.8. The largest absolute Gasteiger partial charge is 0.504 e. The fraction of sp³-hybridized carbons (Fsp3) is 0.235. The average Bonchev–Trinajstić information content (AvgIpc) is 2.55. The van der Waals surface area contributed by atoms with Crippen molar-refractivity contribution in [1.29, 1.82) is 0 Å². The predicted octanol–water partition coefficient (Wildman–Crippen LogP) is 2.61. The Labute approximate surface area is 122 Å². The molecule has 4 nitrogen and oxygen atoms in total. The molecule has 108 valence electrons. The van der Waals surface area contributed by atoms with Crippen LogP contribution in [-0.4, -0.2) is 17.5 Å². The molecule has 0 aromatic heterocycles. The Morgan fingerprint density at radius 2 is 2.05 bits per heavy atom. The third-order valence-electron chi connectivity index (χ3n) is 3.59. The summed E-state index contributed by atoms with van der Waals surface area (Å²) in [5.41, 5.74) is 2.67. The van der Waals surface area contributed by atoms with Crippen molar-refractivity contribution < 1.29 is 19.4 Å². The van der Waals surface area contributed by atoms with Crippen molar-refractivity contribution in [3.8, 4) is 11.5 Å². The first kappa shape index (κ1) is 13.6. The van der Waals surface area contributed by atoms with Crippen molar-refractivity contribution in [3.63, 3.8) is 0 Å². The molecule has 0 aliphatic carbocycles. The zero-order valence-corrected chi connectivity index (χ0v) is 11.5. The summed E-state index contributed by atoms with van der Waals surface area (Å²) in [5.74, 6) is 0.540. The van der Waals surface area contributed by atoms with Gasteiger partial charge in [-0.05, 0) is 17.2 Å². The molecule has 0 saturated carbocycles. The van der Waals surface area contributed by atoms with Gasteiger partial charge in [-0.1, -0.05) is 36.4 Å². The third kappa shape index (κ3) is 2.90. The Balaban J connectivity index is 1.77. The van der Waals surface area contributed by atoms with E-state index in [0.29, 0.717) is 24.3 Å². The first-order valence-electron chi connectivity index (χ1n) is 6.85. The SMILES string of the molecule is O=CC1Cc2ccc(OCc3ccccc3)c(O)c2CO1. The van der Waals surface area contributed by atoms with Crippen LogP contribution in [0.15, 0.2) is 42.5 Å². The normalized spacial score (nSPS) is 17.0. The van der Waals surface area contributed by atoms with Crippen LogP contribution in [0.4, 0.5) is 0 Å². The highest BCUT2D eigenvalue weighted by Gasteiger charge is 2.23. The van der Waals surface area contributed by atoms with Crippen molar-refractivity contribution in [2.24, 2.45) is 0 Å². The van der Waals surface area contributed by atoms with Gasteiger partial charge in [-0.2, -0.15) is 0 Å². The summed E-state index contributed by atoms with van der Waals surface area (Å²) in [7, 11) is 0. The lowest BCUT2D eigenvalue weighted by molar-refractivity contribution is -0.119. The molecular formula is C17H16O4. The molecule has 0 radical (unpaired) electrons. The van der Waals surface area contributed by atoms with E-state index in [2.05, 4.69) is 0 Å². The molecular weight excluding hydrogens is 268 g/mol. The second kappa shape index (κ2) is 5.97. The smallest absolute Gasteiger partial charge is 0.163 e. The molecule has 0 saturated heterocycles. The topological polar surface area (TPSA) is 55.8 Å². The van der Waals surface area contributed by atoms with E-state index in [9.17, 15) is 9.90 Å². The molecule has 21 heavy (non-hydrogen) atoms. The molecule has 3 rings (SSSR count). The molecule has 1 atom stereocenters. The molecule has 0 bridgehead atoms.